The summed E-state index contributed by atoms with van der Waals surface area (Å²) in [5.74, 6) is 0.489. The Hall–Kier alpha value is -4.94. The molecule has 1 N–H and O–H groups in total. The molecule has 0 spiro atoms. The molecule has 0 aliphatic carbocycles. The normalized spacial score (nSPS) is 15.0. The van der Waals surface area contributed by atoms with Gasteiger partial charge in [0.2, 0.25) is 0 Å². The third kappa shape index (κ3) is 8.49. The van der Waals surface area contributed by atoms with E-state index in [2.05, 4.69) is 81.1 Å². The molecular formula is C44H50N2O6S. The second-order valence-electron chi connectivity index (χ2n) is 14.0. The summed E-state index contributed by atoms with van der Waals surface area (Å²) in [6.45, 7) is 8.77. The van der Waals surface area contributed by atoms with Crippen molar-refractivity contribution in [2.24, 2.45) is 0 Å². The third-order valence-corrected chi connectivity index (χ3v) is 11.0. The second kappa shape index (κ2) is 16.8. The zero-order valence-electron chi connectivity index (χ0n) is 31.3. The van der Waals surface area contributed by atoms with Crippen LogP contribution in [0.4, 0.5) is 17.1 Å². The van der Waals surface area contributed by atoms with Crippen LogP contribution in [0.5, 0.6) is 23.0 Å². The van der Waals surface area contributed by atoms with Gasteiger partial charge in [0.15, 0.2) is 23.0 Å². The Balaban J connectivity index is 1.36. The summed E-state index contributed by atoms with van der Waals surface area (Å²) in [5, 5.41) is 18.5. The highest BCUT2D eigenvalue weighted by atomic mass is 32.1. The molecule has 0 amide bonds. The van der Waals surface area contributed by atoms with Gasteiger partial charge in [-0.3, -0.25) is 0 Å². The van der Waals surface area contributed by atoms with Crippen molar-refractivity contribution in [2.75, 3.05) is 4.90 Å². The minimum Gasteiger partial charge on any atom is -0.477 e. The van der Waals surface area contributed by atoms with E-state index >= 15 is 0 Å². The number of unbranched alkanes of at least 4 members (excludes halogenated alkanes) is 4. The first-order valence-corrected chi connectivity index (χ1v) is 20.0. The van der Waals surface area contributed by atoms with Crippen LogP contribution in [-0.4, -0.2) is 22.7 Å². The fourth-order valence-corrected chi connectivity index (χ4v) is 7.93. The molecule has 9 heteroatoms. The van der Waals surface area contributed by atoms with E-state index in [1.165, 1.54) is 17.4 Å². The number of ether oxygens (including phenoxy) is 4. The smallest absolute Gasteiger partial charge is 0.346 e. The van der Waals surface area contributed by atoms with Crippen LogP contribution in [0.2, 0.25) is 0 Å². The Morgan fingerprint density at radius 3 is 1.57 bits per heavy atom. The average molecular weight is 735 g/mol. The minimum absolute atomic E-state index is 0.294. The molecule has 2 aliphatic heterocycles. The topological polar surface area (TPSA) is 101 Å². The predicted molar refractivity (Wildman–Crippen MR) is 212 cm³/mol. The molecule has 0 radical (unpaired) electrons. The fraction of sp³-hybridized carbons (Fsp3) is 0.409. The summed E-state index contributed by atoms with van der Waals surface area (Å²) in [6.07, 6.45) is 13.2. The number of hydrogen-bond donors (Lipinski definition) is 1. The van der Waals surface area contributed by atoms with Gasteiger partial charge in [-0.2, -0.15) is 5.26 Å². The Morgan fingerprint density at radius 1 is 0.679 bits per heavy atom. The molecule has 3 heterocycles. The molecule has 0 saturated carbocycles. The summed E-state index contributed by atoms with van der Waals surface area (Å²) in [6, 6.07) is 26.2. The van der Waals surface area contributed by atoms with Gasteiger partial charge in [0.1, 0.15) is 11.6 Å². The highest BCUT2D eigenvalue weighted by Crippen LogP contribution is 2.50. The average Bonchev–Trinajstić information content (AvgIpc) is 3.89. The highest BCUT2D eigenvalue weighted by Gasteiger charge is 2.42. The van der Waals surface area contributed by atoms with E-state index in [4.69, 9.17) is 18.9 Å². The lowest BCUT2D eigenvalue weighted by Gasteiger charge is -2.28. The lowest BCUT2D eigenvalue weighted by Crippen LogP contribution is -2.38. The summed E-state index contributed by atoms with van der Waals surface area (Å²) in [4.78, 5) is 15.2. The van der Waals surface area contributed by atoms with Crippen molar-refractivity contribution < 1.29 is 28.8 Å². The molecule has 6 rings (SSSR count). The van der Waals surface area contributed by atoms with Crippen molar-refractivity contribution >= 4 is 40.4 Å². The van der Waals surface area contributed by atoms with Crippen molar-refractivity contribution in [3.63, 3.8) is 0 Å². The van der Waals surface area contributed by atoms with Gasteiger partial charge in [-0.15, -0.1) is 11.3 Å². The molecule has 3 aromatic carbocycles. The molecule has 2 aliphatic rings. The van der Waals surface area contributed by atoms with Crippen molar-refractivity contribution in [1.29, 1.82) is 5.26 Å². The molecule has 1 aromatic heterocycles. The predicted octanol–water partition coefficient (Wildman–Crippen LogP) is 12.6. The Morgan fingerprint density at radius 2 is 1.13 bits per heavy atom. The number of anilines is 3. The maximum Gasteiger partial charge on any atom is 0.346 e. The van der Waals surface area contributed by atoms with Crippen LogP contribution in [0, 0.1) is 11.3 Å². The number of thiophene rings is 1. The Kier molecular flexibility index (Phi) is 12.0. The molecule has 0 unspecified atom stereocenters. The minimum atomic E-state index is -1.24. The monoisotopic (exact) mass is 734 g/mol. The second-order valence-corrected chi connectivity index (χ2v) is 15.1. The molecule has 278 valence electrons. The maximum absolute atomic E-state index is 11.4. The number of carboxylic acids is 1. The Labute approximate surface area is 317 Å². The molecule has 0 atom stereocenters. The van der Waals surface area contributed by atoms with Gasteiger partial charge in [-0.1, -0.05) is 65.5 Å². The van der Waals surface area contributed by atoms with Crippen LogP contribution in [0.1, 0.15) is 110 Å². The molecule has 0 bridgehead atoms. The van der Waals surface area contributed by atoms with Crippen molar-refractivity contribution in [1.82, 2.24) is 0 Å². The standard InChI is InChI=1S/C44H50N2O6S/c1-5-9-23-43(24-10-6-2)49-37-20-17-34(28-39(37)51-43)46(35-18-21-38-40(29-35)52-44(50-38,25-11-7-3)26-12-8-4)33-15-13-31(14-16-33)41-22-19-36(53-41)27-32(30-45)42(47)48/h13-22,27-29H,5-12,23-26H2,1-4H3,(H,47,48)/b32-27-. The first kappa shape index (κ1) is 37.8. The van der Waals surface area contributed by atoms with Crippen molar-refractivity contribution in [3.05, 3.63) is 83.2 Å². The van der Waals surface area contributed by atoms with Crippen molar-refractivity contribution in [2.45, 2.75) is 116 Å². The van der Waals surface area contributed by atoms with Crippen LogP contribution in [0.15, 0.2) is 78.4 Å². The van der Waals surface area contributed by atoms with Gasteiger partial charge < -0.3 is 29.0 Å². The summed E-state index contributed by atoms with van der Waals surface area (Å²) < 4.78 is 26.6. The molecular weight excluding hydrogens is 685 g/mol. The lowest BCUT2D eigenvalue weighted by atomic mass is 10.0. The van der Waals surface area contributed by atoms with E-state index in [9.17, 15) is 15.2 Å². The van der Waals surface area contributed by atoms with E-state index in [1.54, 1.807) is 6.07 Å². The summed E-state index contributed by atoms with van der Waals surface area (Å²) >= 11 is 1.44. The first-order valence-electron chi connectivity index (χ1n) is 19.1. The number of nitriles is 1. The van der Waals surface area contributed by atoms with Gasteiger partial charge >= 0.3 is 5.97 Å². The van der Waals surface area contributed by atoms with Crippen LogP contribution in [0.3, 0.4) is 0 Å². The highest BCUT2D eigenvalue weighted by molar-refractivity contribution is 7.16. The number of aliphatic carboxylic acids is 1. The number of fused-ring (bicyclic) bond motifs is 2. The summed E-state index contributed by atoms with van der Waals surface area (Å²) in [5.41, 5.74) is 3.47. The molecule has 0 saturated heterocycles. The van der Waals surface area contributed by atoms with Gasteiger partial charge in [-0.05, 0) is 85.9 Å². The number of hydrogen-bond acceptors (Lipinski definition) is 8. The van der Waals surface area contributed by atoms with Gasteiger partial charge in [0.05, 0.1) is 11.4 Å². The molecule has 53 heavy (non-hydrogen) atoms. The van der Waals surface area contributed by atoms with Gasteiger partial charge in [0, 0.05) is 53.3 Å². The van der Waals surface area contributed by atoms with Crippen LogP contribution in [0.25, 0.3) is 16.5 Å². The zero-order valence-corrected chi connectivity index (χ0v) is 32.1. The zero-order chi connectivity index (χ0) is 37.4. The Bertz CT molecular complexity index is 1860. The summed E-state index contributed by atoms with van der Waals surface area (Å²) in [7, 11) is 0. The number of nitrogens with zero attached hydrogens (tertiary/aromatic N) is 2. The fourth-order valence-electron chi connectivity index (χ4n) is 6.98. The SMILES string of the molecule is CCCCC1(CCCC)Oc2ccc(N(c3ccc(-c4ccc(/C=C(/C#N)C(=O)O)s4)cc3)c3ccc4c(c3)OC(CCCC)(CCCC)O4)cc2O1. The van der Waals surface area contributed by atoms with Crippen LogP contribution < -0.4 is 23.8 Å². The molecule has 0 fully saturated rings. The van der Waals surface area contributed by atoms with E-state index in [-0.39, 0.29) is 5.57 Å². The number of carboxylic acid groups (broad SMARTS) is 1. The number of carbonyl (C=O) groups is 1. The molecule has 8 nitrogen and oxygen atoms in total. The number of rotatable bonds is 18. The first-order chi connectivity index (χ1) is 25.7. The van der Waals surface area contributed by atoms with E-state index in [0.717, 1.165) is 128 Å². The molecule has 4 aromatic rings. The van der Waals surface area contributed by atoms with Crippen LogP contribution >= 0.6 is 11.3 Å². The quantitative estimate of drug-likeness (QED) is 0.0796. The third-order valence-electron chi connectivity index (χ3n) is 9.87. The number of benzene rings is 3. The van der Waals surface area contributed by atoms with Crippen LogP contribution in [-0.2, 0) is 4.79 Å². The van der Waals surface area contributed by atoms with Crippen molar-refractivity contribution in [3.8, 4) is 39.5 Å². The van der Waals surface area contributed by atoms with Gasteiger partial charge in [-0.25, -0.2) is 4.79 Å². The van der Waals surface area contributed by atoms with Gasteiger partial charge in [0.25, 0.3) is 11.6 Å². The van der Waals surface area contributed by atoms with E-state index in [0.29, 0.717) is 4.88 Å². The largest absolute Gasteiger partial charge is 0.477 e. The lowest BCUT2D eigenvalue weighted by molar-refractivity contribution is -0.132. The maximum atomic E-state index is 11.4. The van der Waals surface area contributed by atoms with E-state index < -0.39 is 17.5 Å². The van der Waals surface area contributed by atoms with E-state index in [1.807, 2.05) is 24.3 Å².